The largest absolute Gasteiger partial charge is 0.548 e. The molecule has 2 heterocycles. The molecule has 0 unspecified atom stereocenters. The Labute approximate surface area is 197 Å². The number of hydrogen-bond acceptors (Lipinski definition) is 7. The molecule has 1 atom stereocenters. The number of fused-ring (bicyclic) bond motifs is 2. The van der Waals surface area contributed by atoms with Crippen LogP contribution < -0.4 is 20.8 Å². The van der Waals surface area contributed by atoms with E-state index in [9.17, 15) is 24.6 Å². The number of carboxylic acids is 1. The standard InChI is InChI=1S/C24H21ClN2O7/c1-11-12(2)24(32)34-20-8-21(17(25)7-15(11)20)33-10-22(29)27-19(23(30)31)5-13-9-26-18-4-3-14(28)6-16(13)18/h3-4,6-9,19,26,28H,5,10H2,1-2H3,(H,27,29)(H,30,31)/p-1/t19-/m1/s1. The van der Waals surface area contributed by atoms with Crippen LogP contribution in [0.25, 0.3) is 21.9 Å². The number of aromatic hydroxyl groups is 1. The monoisotopic (exact) mass is 483 g/mol. The Bertz CT molecular complexity index is 1490. The molecule has 0 aliphatic carbocycles. The number of amides is 1. The molecule has 0 aliphatic heterocycles. The van der Waals surface area contributed by atoms with E-state index in [-0.39, 0.29) is 28.5 Å². The molecule has 2 aromatic heterocycles. The lowest BCUT2D eigenvalue weighted by molar-refractivity contribution is -0.308. The van der Waals surface area contributed by atoms with Crippen molar-refractivity contribution in [1.82, 2.24) is 10.3 Å². The average Bonchev–Trinajstić information content (AvgIpc) is 3.18. The molecule has 2 aromatic carbocycles. The minimum Gasteiger partial charge on any atom is -0.548 e. The minimum atomic E-state index is -1.47. The van der Waals surface area contributed by atoms with Crippen molar-refractivity contribution in [2.45, 2.75) is 26.3 Å². The summed E-state index contributed by atoms with van der Waals surface area (Å²) in [6.45, 7) is 2.89. The number of carboxylic acid groups (broad SMARTS) is 1. The van der Waals surface area contributed by atoms with E-state index < -0.39 is 30.2 Å². The summed E-state index contributed by atoms with van der Waals surface area (Å²) in [7, 11) is 0. The number of phenolic OH excluding ortho intramolecular Hbond substituents is 1. The number of rotatable bonds is 7. The summed E-state index contributed by atoms with van der Waals surface area (Å²) in [5.41, 5.74) is 2.25. The summed E-state index contributed by atoms with van der Waals surface area (Å²) in [6.07, 6.45) is 1.53. The van der Waals surface area contributed by atoms with Gasteiger partial charge in [-0.3, -0.25) is 4.79 Å². The fourth-order valence-corrected chi connectivity index (χ4v) is 3.90. The van der Waals surface area contributed by atoms with Crippen molar-refractivity contribution in [2.24, 2.45) is 0 Å². The van der Waals surface area contributed by atoms with Crippen molar-refractivity contribution in [1.29, 1.82) is 0 Å². The third kappa shape index (κ3) is 4.55. The van der Waals surface area contributed by atoms with Gasteiger partial charge in [-0.25, -0.2) is 4.79 Å². The number of H-pyrrole nitrogens is 1. The third-order valence-corrected chi connectivity index (χ3v) is 5.96. The highest BCUT2D eigenvalue weighted by atomic mass is 35.5. The Hall–Kier alpha value is -3.98. The van der Waals surface area contributed by atoms with Gasteiger partial charge in [0.1, 0.15) is 17.1 Å². The fraction of sp³-hybridized carbons (Fsp3) is 0.208. The van der Waals surface area contributed by atoms with Crippen molar-refractivity contribution in [3.05, 3.63) is 68.7 Å². The van der Waals surface area contributed by atoms with Crippen molar-refractivity contribution in [3.8, 4) is 11.5 Å². The summed E-state index contributed by atoms with van der Waals surface area (Å²) < 4.78 is 10.7. The van der Waals surface area contributed by atoms with Gasteiger partial charge in [-0.05, 0) is 49.2 Å². The van der Waals surface area contributed by atoms with E-state index in [4.69, 9.17) is 20.8 Å². The van der Waals surface area contributed by atoms with E-state index in [1.165, 1.54) is 18.2 Å². The van der Waals surface area contributed by atoms with E-state index >= 15 is 0 Å². The molecule has 176 valence electrons. The number of carbonyl (C=O) groups excluding carboxylic acids is 2. The molecule has 34 heavy (non-hydrogen) atoms. The maximum absolute atomic E-state index is 12.4. The summed E-state index contributed by atoms with van der Waals surface area (Å²) in [5.74, 6) is -2.05. The van der Waals surface area contributed by atoms with Crippen molar-refractivity contribution in [2.75, 3.05) is 6.61 Å². The van der Waals surface area contributed by atoms with Crippen LogP contribution in [0.5, 0.6) is 11.5 Å². The lowest BCUT2D eigenvalue weighted by atomic mass is 10.0. The first-order valence-electron chi connectivity index (χ1n) is 10.3. The molecule has 3 N–H and O–H groups in total. The second kappa shape index (κ2) is 9.11. The third-order valence-electron chi connectivity index (χ3n) is 5.66. The van der Waals surface area contributed by atoms with Gasteiger partial charge in [0.15, 0.2) is 6.61 Å². The predicted molar refractivity (Wildman–Crippen MR) is 123 cm³/mol. The molecule has 0 fully saturated rings. The van der Waals surface area contributed by atoms with Gasteiger partial charge in [0.05, 0.1) is 17.0 Å². The average molecular weight is 484 g/mol. The topological polar surface area (TPSA) is 145 Å². The molecular weight excluding hydrogens is 464 g/mol. The molecule has 4 rings (SSSR count). The number of aromatic amines is 1. The normalized spacial score (nSPS) is 12.1. The van der Waals surface area contributed by atoms with E-state index in [0.717, 1.165) is 5.56 Å². The van der Waals surface area contributed by atoms with E-state index in [0.29, 0.717) is 27.4 Å². The predicted octanol–water partition coefficient (Wildman–Crippen LogP) is 2.11. The fourth-order valence-electron chi connectivity index (χ4n) is 3.68. The van der Waals surface area contributed by atoms with Gasteiger partial charge in [0, 0.05) is 40.5 Å². The van der Waals surface area contributed by atoms with Crippen LogP contribution in [0.4, 0.5) is 0 Å². The zero-order chi connectivity index (χ0) is 24.6. The highest BCUT2D eigenvalue weighted by Gasteiger charge is 2.18. The number of aliphatic carboxylic acids is 1. The summed E-state index contributed by atoms with van der Waals surface area (Å²) >= 11 is 6.27. The van der Waals surface area contributed by atoms with Crippen LogP contribution in [-0.2, 0) is 16.0 Å². The highest BCUT2D eigenvalue weighted by molar-refractivity contribution is 6.32. The molecular formula is C24H20ClN2O7-. The molecule has 1 amide bonds. The molecule has 0 spiro atoms. The van der Waals surface area contributed by atoms with Crippen molar-refractivity contribution < 1.29 is 29.0 Å². The Balaban J connectivity index is 1.47. The Morgan fingerprint density at radius 1 is 1.21 bits per heavy atom. The van der Waals surface area contributed by atoms with Crippen molar-refractivity contribution >= 4 is 45.3 Å². The summed E-state index contributed by atoms with van der Waals surface area (Å²) in [5, 5.41) is 25.2. The first-order chi connectivity index (χ1) is 16.1. The zero-order valence-corrected chi connectivity index (χ0v) is 19.0. The quantitative estimate of drug-likeness (QED) is 0.341. The van der Waals surface area contributed by atoms with Gasteiger partial charge < -0.3 is 34.5 Å². The Morgan fingerprint density at radius 2 is 1.97 bits per heavy atom. The smallest absolute Gasteiger partial charge is 0.339 e. The zero-order valence-electron chi connectivity index (χ0n) is 18.2. The molecule has 0 aliphatic rings. The molecule has 10 heteroatoms. The highest BCUT2D eigenvalue weighted by Crippen LogP contribution is 2.31. The summed E-state index contributed by atoms with van der Waals surface area (Å²) in [6, 6.07) is 6.31. The molecule has 0 bridgehead atoms. The van der Waals surface area contributed by atoms with Gasteiger partial charge in [-0.2, -0.15) is 0 Å². The van der Waals surface area contributed by atoms with E-state index in [2.05, 4.69) is 10.3 Å². The maximum atomic E-state index is 12.4. The lowest BCUT2D eigenvalue weighted by Gasteiger charge is -2.20. The van der Waals surface area contributed by atoms with Crippen LogP contribution >= 0.6 is 11.6 Å². The number of benzene rings is 2. The number of nitrogens with one attached hydrogen (secondary N) is 2. The molecule has 0 saturated carbocycles. The van der Waals surface area contributed by atoms with Gasteiger partial charge >= 0.3 is 5.63 Å². The molecule has 9 nitrogen and oxygen atoms in total. The van der Waals surface area contributed by atoms with Crippen LogP contribution in [0.2, 0.25) is 5.02 Å². The maximum Gasteiger partial charge on any atom is 0.339 e. The number of hydrogen-bond donors (Lipinski definition) is 3. The van der Waals surface area contributed by atoms with Crippen LogP contribution in [-0.4, -0.2) is 34.6 Å². The number of ether oxygens (including phenoxy) is 1. The Morgan fingerprint density at radius 3 is 2.71 bits per heavy atom. The van der Waals surface area contributed by atoms with E-state index in [1.54, 1.807) is 32.2 Å². The van der Waals surface area contributed by atoms with Gasteiger partial charge in [-0.15, -0.1) is 0 Å². The minimum absolute atomic E-state index is 0.0317. The van der Waals surface area contributed by atoms with E-state index in [1.807, 2.05) is 0 Å². The number of aromatic nitrogens is 1. The number of aryl methyl sites for hydroxylation is 1. The molecule has 0 saturated heterocycles. The second-order valence-corrected chi connectivity index (χ2v) is 8.30. The van der Waals surface area contributed by atoms with Crippen LogP contribution in [0.3, 0.4) is 0 Å². The van der Waals surface area contributed by atoms with Gasteiger partial charge in [0.2, 0.25) is 0 Å². The first-order valence-corrected chi connectivity index (χ1v) is 10.7. The number of phenols is 1. The van der Waals surface area contributed by atoms with Crippen LogP contribution in [0, 0.1) is 13.8 Å². The van der Waals surface area contributed by atoms with Crippen LogP contribution in [0.1, 0.15) is 16.7 Å². The summed E-state index contributed by atoms with van der Waals surface area (Å²) in [4.78, 5) is 39.0. The van der Waals surface area contributed by atoms with Crippen molar-refractivity contribution in [3.63, 3.8) is 0 Å². The lowest BCUT2D eigenvalue weighted by Crippen LogP contribution is -2.50. The number of carbonyl (C=O) groups is 2. The van der Waals surface area contributed by atoms with Crippen LogP contribution in [0.15, 0.2) is 45.7 Å². The second-order valence-electron chi connectivity index (χ2n) is 7.89. The SMILES string of the molecule is Cc1c(C)c2cc(Cl)c(OCC(=O)N[C@H](Cc3c[nH]c4ccc(O)cc34)C(=O)[O-])cc2oc1=O. The number of halogens is 1. The Kier molecular flexibility index (Phi) is 6.21. The molecule has 0 radical (unpaired) electrons. The van der Waals surface area contributed by atoms with Gasteiger partial charge in [0.25, 0.3) is 5.91 Å². The van der Waals surface area contributed by atoms with Gasteiger partial charge in [-0.1, -0.05) is 11.6 Å². The molecule has 4 aromatic rings. The first kappa shape index (κ1) is 23.2.